The third kappa shape index (κ3) is 4.06. The number of carbonyl (C=O) groups excluding carboxylic acids is 2. The van der Waals surface area contributed by atoms with Gasteiger partial charge in [0.1, 0.15) is 5.75 Å². The highest BCUT2D eigenvalue weighted by Crippen LogP contribution is 2.31. The molecule has 0 saturated heterocycles. The van der Waals surface area contributed by atoms with Gasteiger partial charge in [0, 0.05) is 36.7 Å². The Morgan fingerprint density at radius 2 is 2.17 bits per heavy atom. The van der Waals surface area contributed by atoms with Gasteiger partial charge in [-0.2, -0.15) is 0 Å². The Balaban J connectivity index is 1.48. The lowest BCUT2D eigenvalue weighted by Gasteiger charge is -2.22. The second-order valence-corrected chi connectivity index (χ2v) is 6.32. The standard InChI is InChI=1S/C18H24N2O4/c21-11-10-20(13-6-7-13)18(23)5-2-12-24-16-4-1-3-15-14(16)8-9-17(22)19-15/h1,3-4,13,21H,2,5-12H2,(H,19,22). The van der Waals surface area contributed by atoms with Gasteiger partial charge in [0.15, 0.2) is 0 Å². The molecule has 1 aromatic rings. The number of carbonyl (C=O) groups is 2. The average molecular weight is 332 g/mol. The molecule has 1 saturated carbocycles. The van der Waals surface area contributed by atoms with Crippen LogP contribution in [0.1, 0.15) is 37.7 Å². The molecule has 1 aromatic carbocycles. The molecule has 2 aliphatic rings. The molecule has 3 rings (SSSR count). The van der Waals surface area contributed by atoms with E-state index in [-0.39, 0.29) is 18.4 Å². The fourth-order valence-corrected chi connectivity index (χ4v) is 3.08. The number of aliphatic hydroxyl groups excluding tert-OH is 1. The number of anilines is 1. The molecule has 2 amide bonds. The highest BCUT2D eigenvalue weighted by Gasteiger charge is 2.31. The molecular weight excluding hydrogens is 308 g/mol. The summed E-state index contributed by atoms with van der Waals surface area (Å²) < 4.78 is 5.83. The topological polar surface area (TPSA) is 78.9 Å². The number of hydrogen-bond acceptors (Lipinski definition) is 4. The number of nitrogens with zero attached hydrogens (tertiary/aromatic N) is 1. The van der Waals surface area contributed by atoms with Crippen LogP contribution >= 0.6 is 0 Å². The summed E-state index contributed by atoms with van der Waals surface area (Å²) in [6.07, 6.45) is 4.32. The Labute approximate surface area is 141 Å². The lowest BCUT2D eigenvalue weighted by molar-refractivity contribution is -0.132. The predicted molar refractivity (Wildman–Crippen MR) is 89.9 cm³/mol. The smallest absolute Gasteiger partial charge is 0.224 e. The van der Waals surface area contributed by atoms with Gasteiger partial charge in [-0.15, -0.1) is 0 Å². The number of nitrogens with one attached hydrogen (secondary N) is 1. The van der Waals surface area contributed by atoms with Crippen LogP contribution in [-0.4, -0.2) is 47.6 Å². The summed E-state index contributed by atoms with van der Waals surface area (Å²) in [7, 11) is 0. The van der Waals surface area contributed by atoms with E-state index < -0.39 is 0 Å². The number of rotatable bonds is 8. The monoisotopic (exact) mass is 332 g/mol. The maximum atomic E-state index is 12.2. The lowest BCUT2D eigenvalue weighted by atomic mass is 10.0. The normalized spacial score (nSPS) is 16.3. The van der Waals surface area contributed by atoms with Gasteiger partial charge in [-0.05, 0) is 37.8 Å². The first-order valence-corrected chi connectivity index (χ1v) is 8.64. The van der Waals surface area contributed by atoms with E-state index in [9.17, 15) is 9.59 Å². The number of benzene rings is 1. The van der Waals surface area contributed by atoms with Crippen molar-refractivity contribution in [2.45, 2.75) is 44.6 Å². The third-order valence-electron chi connectivity index (χ3n) is 4.45. The highest BCUT2D eigenvalue weighted by molar-refractivity contribution is 5.94. The van der Waals surface area contributed by atoms with E-state index in [1.807, 2.05) is 18.2 Å². The second-order valence-electron chi connectivity index (χ2n) is 6.32. The molecule has 0 radical (unpaired) electrons. The van der Waals surface area contributed by atoms with Gasteiger partial charge in [-0.3, -0.25) is 9.59 Å². The van der Waals surface area contributed by atoms with Crippen LogP contribution in [0.3, 0.4) is 0 Å². The van der Waals surface area contributed by atoms with Gasteiger partial charge < -0.3 is 20.1 Å². The Kier molecular flexibility index (Phi) is 5.35. The van der Waals surface area contributed by atoms with Crippen molar-refractivity contribution in [1.29, 1.82) is 0 Å². The van der Waals surface area contributed by atoms with Crippen LogP contribution in [-0.2, 0) is 16.0 Å². The number of amides is 2. The molecule has 1 fully saturated rings. The van der Waals surface area contributed by atoms with Crippen LogP contribution in [0.15, 0.2) is 18.2 Å². The summed E-state index contributed by atoms with van der Waals surface area (Å²) in [4.78, 5) is 25.4. The molecular formula is C18H24N2O4. The van der Waals surface area contributed by atoms with E-state index >= 15 is 0 Å². The molecule has 6 heteroatoms. The molecule has 0 bridgehead atoms. The summed E-state index contributed by atoms with van der Waals surface area (Å²) in [5, 5.41) is 11.9. The zero-order valence-electron chi connectivity index (χ0n) is 13.8. The van der Waals surface area contributed by atoms with E-state index in [1.165, 1.54) is 0 Å². The van der Waals surface area contributed by atoms with Gasteiger partial charge in [0.05, 0.1) is 13.2 Å². The third-order valence-corrected chi connectivity index (χ3v) is 4.45. The molecule has 6 nitrogen and oxygen atoms in total. The van der Waals surface area contributed by atoms with E-state index in [1.54, 1.807) is 4.90 Å². The van der Waals surface area contributed by atoms with Crippen molar-refractivity contribution in [3.05, 3.63) is 23.8 Å². The molecule has 1 aliphatic carbocycles. The van der Waals surface area contributed by atoms with E-state index in [0.717, 1.165) is 29.8 Å². The van der Waals surface area contributed by atoms with Crippen LogP contribution in [0.25, 0.3) is 0 Å². The van der Waals surface area contributed by atoms with Crippen LogP contribution < -0.4 is 10.1 Å². The molecule has 2 N–H and O–H groups in total. The Morgan fingerprint density at radius 3 is 2.92 bits per heavy atom. The first-order valence-electron chi connectivity index (χ1n) is 8.64. The fourth-order valence-electron chi connectivity index (χ4n) is 3.08. The van der Waals surface area contributed by atoms with Crippen LogP contribution in [0, 0.1) is 0 Å². The maximum Gasteiger partial charge on any atom is 0.224 e. The SMILES string of the molecule is O=C1CCc2c(cccc2OCCCC(=O)N(CCO)C2CC2)N1. The molecule has 0 atom stereocenters. The van der Waals surface area contributed by atoms with Gasteiger partial charge in [0.25, 0.3) is 0 Å². The minimum absolute atomic E-state index is 0.0145. The largest absolute Gasteiger partial charge is 0.493 e. The summed E-state index contributed by atoms with van der Waals surface area (Å²) >= 11 is 0. The molecule has 0 spiro atoms. The fraction of sp³-hybridized carbons (Fsp3) is 0.556. The van der Waals surface area contributed by atoms with Crippen molar-refractivity contribution < 1.29 is 19.4 Å². The summed E-state index contributed by atoms with van der Waals surface area (Å²) in [5.74, 6) is 0.918. The molecule has 1 aliphatic heterocycles. The van der Waals surface area contributed by atoms with Crippen molar-refractivity contribution in [2.24, 2.45) is 0 Å². The Hall–Kier alpha value is -2.08. The molecule has 0 aromatic heterocycles. The molecule has 24 heavy (non-hydrogen) atoms. The molecule has 130 valence electrons. The minimum Gasteiger partial charge on any atom is -0.493 e. The lowest BCUT2D eigenvalue weighted by Crippen LogP contribution is -2.35. The van der Waals surface area contributed by atoms with Gasteiger partial charge in [-0.1, -0.05) is 6.07 Å². The van der Waals surface area contributed by atoms with E-state index in [4.69, 9.17) is 9.84 Å². The zero-order chi connectivity index (χ0) is 16.9. The van der Waals surface area contributed by atoms with Crippen LogP contribution in [0.4, 0.5) is 5.69 Å². The van der Waals surface area contributed by atoms with Crippen molar-refractivity contribution >= 4 is 17.5 Å². The van der Waals surface area contributed by atoms with Crippen molar-refractivity contribution in [3.8, 4) is 5.75 Å². The van der Waals surface area contributed by atoms with Gasteiger partial charge >= 0.3 is 0 Å². The predicted octanol–water partition coefficient (Wildman–Crippen LogP) is 1.71. The van der Waals surface area contributed by atoms with Crippen LogP contribution in [0.5, 0.6) is 5.75 Å². The van der Waals surface area contributed by atoms with Gasteiger partial charge in [0.2, 0.25) is 11.8 Å². The number of fused-ring (bicyclic) bond motifs is 1. The molecule has 0 unspecified atom stereocenters. The minimum atomic E-state index is 0.0145. The second kappa shape index (κ2) is 7.66. The van der Waals surface area contributed by atoms with Crippen molar-refractivity contribution in [3.63, 3.8) is 0 Å². The molecule has 1 heterocycles. The van der Waals surface area contributed by atoms with E-state index in [0.29, 0.717) is 44.9 Å². The maximum absolute atomic E-state index is 12.2. The number of aliphatic hydroxyl groups is 1. The van der Waals surface area contributed by atoms with Crippen molar-refractivity contribution in [1.82, 2.24) is 4.90 Å². The summed E-state index contributed by atoms with van der Waals surface area (Å²) in [6, 6.07) is 5.97. The quantitative estimate of drug-likeness (QED) is 0.711. The Morgan fingerprint density at radius 1 is 1.33 bits per heavy atom. The summed E-state index contributed by atoms with van der Waals surface area (Å²) in [5.41, 5.74) is 1.85. The first-order chi connectivity index (χ1) is 11.7. The first kappa shape index (κ1) is 16.8. The number of hydrogen-bond donors (Lipinski definition) is 2. The Bertz CT molecular complexity index is 613. The highest BCUT2D eigenvalue weighted by atomic mass is 16.5. The summed E-state index contributed by atoms with van der Waals surface area (Å²) in [6.45, 7) is 0.907. The van der Waals surface area contributed by atoms with Crippen LogP contribution in [0.2, 0.25) is 0 Å². The zero-order valence-corrected chi connectivity index (χ0v) is 13.8. The average Bonchev–Trinajstić information content (AvgIpc) is 3.41. The van der Waals surface area contributed by atoms with Crippen molar-refractivity contribution in [2.75, 3.05) is 25.1 Å². The van der Waals surface area contributed by atoms with E-state index in [2.05, 4.69) is 5.32 Å². The van der Waals surface area contributed by atoms with Gasteiger partial charge in [-0.25, -0.2) is 0 Å². The number of ether oxygens (including phenoxy) is 1.